The molecule has 0 N–H and O–H groups in total. The zero-order chi connectivity index (χ0) is 17.9. The van der Waals surface area contributed by atoms with Crippen molar-refractivity contribution in [3.05, 3.63) is 35.4 Å². The van der Waals surface area contributed by atoms with Crippen molar-refractivity contribution in [2.24, 2.45) is 0 Å². The Morgan fingerprint density at radius 1 is 0.958 bits per heavy atom. The molecule has 0 saturated carbocycles. The first-order valence-electron chi connectivity index (χ1n) is 8.05. The summed E-state index contributed by atoms with van der Waals surface area (Å²) in [6.45, 7) is 8.72. The van der Waals surface area contributed by atoms with Gasteiger partial charge in [-0.3, -0.25) is 9.59 Å². The second-order valence-electron chi connectivity index (χ2n) is 6.90. The van der Waals surface area contributed by atoms with Crippen LogP contribution in [0.3, 0.4) is 0 Å². The van der Waals surface area contributed by atoms with Crippen LogP contribution in [0.2, 0.25) is 0 Å². The van der Waals surface area contributed by atoms with Crippen LogP contribution >= 0.6 is 0 Å². The quantitative estimate of drug-likeness (QED) is 0.781. The van der Waals surface area contributed by atoms with Gasteiger partial charge in [-0.25, -0.2) is 4.79 Å². The second-order valence-corrected chi connectivity index (χ2v) is 6.90. The van der Waals surface area contributed by atoms with Gasteiger partial charge in [0.15, 0.2) is 5.78 Å². The van der Waals surface area contributed by atoms with E-state index in [1.165, 1.54) is 6.92 Å². The van der Waals surface area contributed by atoms with Crippen LogP contribution in [0.15, 0.2) is 24.3 Å². The van der Waals surface area contributed by atoms with Crippen molar-refractivity contribution in [2.75, 3.05) is 26.2 Å². The van der Waals surface area contributed by atoms with Gasteiger partial charge in [0.1, 0.15) is 5.60 Å². The first-order chi connectivity index (χ1) is 11.2. The molecule has 0 aromatic heterocycles. The summed E-state index contributed by atoms with van der Waals surface area (Å²) in [5.74, 6) is -0.193. The van der Waals surface area contributed by atoms with E-state index in [2.05, 4.69) is 0 Å². The highest BCUT2D eigenvalue weighted by molar-refractivity contribution is 5.99. The number of piperazine rings is 1. The Labute approximate surface area is 142 Å². The Hall–Kier alpha value is -2.37. The summed E-state index contributed by atoms with van der Waals surface area (Å²) in [5.41, 5.74) is 0.485. The van der Waals surface area contributed by atoms with Gasteiger partial charge in [-0.1, -0.05) is 12.1 Å². The van der Waals surface area contributed by atoms with Crippen molar-refractivity contribution < 1.29 is 19.1 Å². The van der Waals surface area contributed by atoms with Crippen molar-refractivity contribution in [3.63, 3.8) is 0 Å². The Balaban J connectivity index is 1.97. The second kappa shape index (κ2) is 7.03. The number of ether oxygens (including phenoxy) is 1. The molecular formula is C18H24N2O4. The summed E-state index contributed by atoms with van der Waals surface area (Å²) >= 11 is 0. The molecule has 6 heteroatoms. The number of hydrogen-bond donors (Lipinski definition) is 0. The van der Waals surface area contributed by atoms with Gasteiger partial charge in [0.2, 0.25) is 0 Å². The Kier molecular flexibility index (Phi) is 5.26. The number of Topliss-reactive ketones (excluding diaryl/α,β-unsaturated/α-hetero) is 1. The fourth-order valence-electron chi connectivity index (χ4n) is 2.47. The van der Waals surface area contributed by atoms with E-state index < -0.39 is 5.60 Å². The normalized spacial score (nSPS) is 15.2. The molecule has 1 heterocycles. The van der Waals surface area contributed by atoms with Crippen molar-refractivity contribution in [3.8, 4) is 0 Å². The third-order valence-electron chi connectivity index (χ3n) is 3.73. The van der Waals surface area contributed by atoms with Gasteiger partial charge < -0.3 is 14.5 Å². The van der Waals surface area contributed by atoms with E-state index in [4.69, 9.17) is 4.74 Å². The van der Waals surface area contributed by atoms with Crippen LogP contribution in [0.1, 0.15) is 48.4 Å². The van der Waals surface area contributed by atoms with Gasteiger partial charge >= 0.3 is 6.09 Å². The van der Waals surface area contributed by atoms with Gasteiger partial charge in [0.05, 0.1) is 0 Å². The van der Waals surface area contributed by atoms with Crippen LogP contribution < -0.4 is 0 Å². The predicted molar refractivity (Wildman–Crippen MR) is 90.2 cm³/mol. The zero-order valence-corrected chi connectivity index (χ0v) is 14.7. The molecule has 0 aliphatic carbocycles. The minimum Gasteiger partial charge on any atom is -0.444 e. The number of amides is 2. The number of nitrogens with zero attached hydrogens (tertiary/aromatic N) is 2. The van der Waals surface area contributed by atoms with Gasteiger partial charge in [-0.2, -0.15) is 0 Å². The molecule has 1 aromatic rings. The van der Waals surface area contributed by atoms with Gasteiger partial charge in [-0.15, -0.1) is 0 Å². The van der Waals surface area contributed by atoms with Crippen LogP contribution in [0.5, 0.6) is 0 Å². The molecule has 130 valence electrons. The Morgan fingerprint density at radius 2 is 1.50 bits per heavy atom. The number of ketones is 1. The average Bonchev–Trinajstić information content (AvgIpc) is 2.53. The van der Waals surface area contributed by atoms with Crippen LogP contribution in [-0.2, 0) is 4.74 Å². The monoisotopic (exact) mass is 332 g/mol. The standard InChI is InChI=1S/C18H24N2O4/c1-13(21)14-6-5-7-15(12-14)16(22)19-8-10-20(11-9-19)17(23)24-18(2,3)4/h5-7,12H,8-11H2,1-4H3. The molecule has 0 unspecified atom stereocenters. The molecule has 1 saturated heterocycles. The summed E-state index contributed by atoms with van der Waals surface area (Å²) in [7, 11) is 0. The predicted octanol–water partition coefficient (Wildman–Crippen LogP) is 2.58. The molecule has 1 fully saturated rings. The minimum absolute atomic E-state index is 0.0700. The average molecular weight is 332 g/mol. The van der Waals surface area contributed by atoms with E-state index in [1.54, 1.807) is 34.1 Å². The first-order valence-corrected chi connectivity index (χ1v) is 8.05. The SMILES string of the molecule is CC(=O)c1cccc(C(=O)N2CCN(C(=O)OC(C)(C)C)CC2)c1. The van der Waals surface area contributed by atoms with E-state index in [9.17, 15) is 14.4 Å². The first kappa shape index (κ1) is 18.0. The summed E-state index contributed by atoms with van der Waals surface area (Å²) in [5, 5.41) is 0. The highest BCUT2D eigenvalue weighted by Crippen LogP contribution is 2.14. The number of benzene rings is 1. The molecule has 0 bridgehead atoms. The maximum atomic E-state index is 12.6. The van der Waals surface area contributed by atoms with Crippen molar-refractivity contribution >= 4 is 17.8 Å². The molecule has 6 nitrogen and oxygen atoms in total. The number of hydrogen-bond acceptors (Lipinski definition) is 4. The van der Waals surface area contributed by atoms with Crippen LogP contribution in [0, 0.1) is 0 Å². The minimum atomic E-state index is -0.531. The highest BCUT2D eigenvalue weighted by Gasteiger charge is 2.28. The molecule has 2 rings (SSSR count). The summed E-state index contributed by atoms with van der Waals surface area (Å²) in [6, 6.07) is 6.72. The van der Waals surface area contributed by atoms with Crippen molar-refractivity contribution in [1.29, 1.82) is 0 Å². The summed E-state index contributed by atoms with van der Waals surface area (Å²) in [4.78, 5) is 39.4. The molecule has 1 aliphatic rings. The summed E-state index contributed by atoms with van der Waals surface area (Å²) in [6.07, 6.45) is -0.354. The van der Waals surface area contributed by atoms with Crippen LogP contribution in [-0.4, -0.2) is 59.4 Å². The smallest absolute Gasteiger partial charge is 0.410 e. The van der Waals surface area contributed by atoms with E-state index >= 15 is 0 Å². The van der Waals surface area contributed by atoms with E-state index in [-0.39, 0.29) is 17.8 Å². The lowest BCUT2D eigenvalue weighted by atomic mass is 10.1. The summed E-state index contributed by atoms with van der Waals surface area (Å²) < 4.78 is 5.35. The lowest BCUT2D eigenvalue weighted by molar-refractivity contribution is 0.0141. The topological polar surface area (TPSA) is 66.9 Å². The zero-order valence-electron chi connectivity index (χ0n) is 14.7. The Bertz CT molecular complexity index is 641. The van der Waals surface area contributed by atoms with E-state index in [0.717, 1.165) is 0 Å². The van der Waals surface area contributed by atoms with E-state index in [0.29, 0.717) is 37.3 Å². The fourth-order valence-corrected chi connectivity index (χ4v) is 2.47. The lowest BCUT2D eigenvalue weighted by Gasteiger charge is -2.35. The number of rotatable bonds is 2. The largest absolute Gasteiger partial charge is 0.444 e. The maximum Gasteiger partial charge on any atom is 0.410 e. The third-order valence-corrected chi connectivity index (χ3v) is 3.73. The van der Waals surface area contributed by atoms with Crippen molar-refractivity contribution in [1.82, 2.24) is 9.80 Å². The van der Waals surface area contributed by atoms with Crippen LogP contribution in [0.25, 0.3) is 0 Å². The number of carbonyl (C=O) groups is 3. The molecular weight excluding hydrogens is 308 g/mol. The van der Waals surface area contributed by atoms with E-state index in [1.807, 2.05) is 20.8 Å². The molecule has 1 aliphatic heterocycles. The lowest BCUT2D eigenvalue weighted by Crippen LogP contribution is -2.51. The highest BCUT2D eigenvalue weighted by atomic mass is 16.6. The van der Waals surface area contributed by atoms with Gasteiger partial charge in [0.25, 0.3) is 5.91 Å². The maximum absolute atomic E-state index is 12.6. The van der Waals surface area contributed by atoms with Crippen LogP contribution in [0.4, 0.5) is 4.79 Å². The molecule has 24 heavy (non-hydrogen) atoms. The molecule has 0 spiro atoms. The van der Waals surface area contributed by atoms with Gasteiger partial charge in [0, 0.05) is 37.3 Å². The number of carbonyl (C=O) groups excluding carboxylic acids is 3. The van der Waals surface area contributed by atoms with Crippen molar-refractivity contribution in [2.45, 2.75) is 33.3 Å². The fraction of sp³-hybridized carbons (Fsp3) is 0.500. The molecule has 0 atom stereocenters. The van der Waals surface area contributed by atoms with Gasteiger partial charge in [-0.05, 0) is 39.8 Å². The third kappa shape index (κ3) is 4.57. The Morgan fingerprint density at radius 3 is 2.04 bits per heavy atom. The molecule has 0 radical (unpaired) electrons. The molecule has 1 aromatic carbocycles. The molecule has 2 amide bonds.